The molecule has 0 N–H and O–H groups in total. The maximum atomic E-state index is 14.8. The fraction of sp³-hybridized carbons (Fsp3) is 0.350. The SMILES string of the molecule is COc1nc(C)nn2cc(F)c(-c3ccc4c(c3)C[C@@](C)(CC(F)F)C=N4)c12. The molecule has 0 saturated heterocycles. The fourth-order valence-electron chi connectivity index (χ4n) is 3.74. The lowest BCUT2D eigenvalue weighted by Crippen LogP contribution is -2.26. The summed E-state index contributed by atoms with van der Waals surface area (Å²) >= 11 is 0. The number of halogens is 3. The number of methoxy groups -OCH3 is 1. The van der Waals surface area contributed by atoms with Gasteiger partial charge in [0.25, 0.3) is 0 Å². The van der Waals surface area contributed by atoms with Gasteiger partial charge in [-0.2, -0.15) is 10.1 Å². The van der Waals surface area contributed by atoms with E-state index in [1.165, 1.54) is 17.8 Å². The van der Waals surface area contributed by atoms with E-state index >= 15 is 0 Å². The summed E-state index contributed by atoms with van der Waals surface area (Å²) in [6.45, 7) is 3.45. The molecule has 0 spiro atoms. The van der Waals surface area contributed by atoms with Crippen LogP contribution in [0.4, 0.5) is 18.9 Å². The second-order valence-corrected chi connectivity index (χ2v) is 7.34. The van der Waals surface area contributed by atoms with Crippen molar-refractivity contribution in [1.29, 1.82) is 0 Å². The third-order valence-corrected chi connectivity index (χ3v) is 4.95. The first-order chi connectivity index (χ1) is 13.3. The molecule has 3 heterocycles. The minimum absolute atomic E-state index is 0.268. The van der Waals surface area contributed by atoms with Gasteiger partial charge in [-0.25, -0.2) is 17.7 Å². The lowest BCUT2D eigenvalue weighted by Gasteiger charge is -2.29. The van der Waals surface area contributed by atoms with Crippen LogP contribution in [0.2, 0.25) is 0 Å². The van der Waals surface area contributed by atoms with E-state index in [1.54, 1.807) is 38.3 Å². The molecule has 28 heavy (non-hydrogen) atoms. The zero-order valence-corrected chi connectivity index (χ0v) is 15.7. The van der Waals surface area contributed by atoms with Gasteiger partial charge in [0.2, 0.25) is 12.3 Å². The molecule has 3 aromatic rings. The Bertz CT molecular complexity index is 1090. The first kappa shape index (κ1) is 18.5. The summed E-state index contributed by atoms with van der Waals surface area (Å²) in [5.74, 6) is 0.255. The minimum atomic E-state index is -2.42. The third kappa shape index (κ3) is 3.12. The minimum Gasteiger partial charge on any atom is -0.479 e. The molecule has 0 radical (unpaired) electrons. The molecular formula is C20H19F3N4O. The van der Waals surface area contributed by atoms with Crippen LogP contribution in [0.15, 0.2) is 29.4 Å². The van der Waals surface area contributed by atoms with Crippen molar-refractivity contribution >= 4 is 17.4 Å². The molecule has 8 heteroatoms. The zero-order chi connectivity index (χ0) is 20.1. The molecule has 4 rings (SSSR count). The van der Waals surface area contributed by atoms with Crippen LogP contribution in [-0.4, -0.2) is 34.3 Å². The number of aryl methyl sites for hydroxylation is 1. The van der Waals surface area contributed by atoms with Crippen LogP contribution in [0, 0.1) is 18.2 Å². The summed E-state index contributed by atoms with van der Waals surface area (Å²) in [4.78, 5) is 8.58. The quantitative estimate of drug-likeness (QED) is 0.647. The third-order valence-electron chi connectivity index (χ3n) is 4.95. The van der Waals surface area contributed by atoms with Crippen molar-refractivity contribution < 1.29 is 17.9 Å². The molecule has 0 fully saturated rings. The highest BCUT2D eigenvalue weighted by atomic mass is 19.3. The van der Waals surface area contributed by atoms with E-state index in [0.29, 0.717) is 34.6 Å². The molecule has 1 aliphatic heterocycles. The Morgan fingerprint density at radius 2 is 2.11 bits per heavy atom. The van der Waals surface area contributed by atoms with E-state index in [4.69, 9.17) is 4.74 Å². The molecule has 1 atom stereocenters. The van der Waals surface area contributed by atoms with Gasteiger partial charge in [0.1, 0.15) is 11.3 Å². The van der Waals surface area contributed by atoms with Crippen molar-refractivity contribution in [2.75, 3.05) is 7.11 Å². The molecule has 0 aliphatic carbocycles. The Labute approximate surface area is 159 Å². The van der Waals surface area contributed by atoms with Gasteiger partial charge in [-0.3, -0.25) is 4.99 Å². The van der Waals surface area contributed by atoms with E-state index in [0.717, 1.165) is 5.56 Å². The number of aliphatic imine (C=N–C) groups is 1. The largest absolute Gasteiger partial charge is 0.479 e. The summed E-state index contributed by atoms with van der Waals surface area (Å²) < 4.78 is 47.4. The molecule has 0 unspecified atom stereocenters. The van der Waals surface area contributed by atoms with Gasteiger partial charge in [0.05, 0.1) is 24.6 Å². The number of ether oxygens (including phenoxy) is 1. The lowest BCUT2D eigenvalue weighted by molar-refractivity contribution is 0.105. The van der Waals surface area contributed by atoms with E-state index < -0.39 is 17.7 Å². The number of hydrogen-bond acceptors (Lipinski definition) is 4. The molecule has 1 aromatic carbocycles. The maximum absolute atomic E-state index is 14.8. The molecule has 0 amide bonds. The Morgan fingerprint density at radius 3 is 2.82 bits per heavy atom. The highest BCUT2D eigenvalue weighted by Crippen LogP contribution is 2.40. The maximum Gasteiger partial charge on any atom is 0.242 e. The number of aromatic nitrogens is 3. The standard InChI is InChI=1S/C20H19F3N4O/c1-11-25-19(28-3)18-17(14(21)9-27(18)26-11)12-4-5-15-13(6-12)7-20(2,10-24-15)8-16(22)23/h4-6,9-10,16H,7-8H2,1-3H3/t20-/m0/s1. The Balaban J connectivity index is 1.84. The van der Waals surface area contributed by atoms with E-state index in [9.17, 15) is 13.2 Å². The summed E-state index contributed by atoms with van der Waals surface area (Å²) in [6, 6.07) is 5.32. The van der Waals surface area contributed by atoms with Crippen molar-refractivity contribution in [3.8, 4) is 17.0 Å². The predicted molar refractivity (Wildman–Crippen MR) is 100 cm³/mol. The number of alkyl halides is 2. The van der Waals surface area contributed by atoms with E-state index in [2.05, 4.69) is 15.1 Å². The second-order valence-electron chi connectivity index (χ2n) is 7.34. The average molecular weight is 388 g/mol. The number of fused-ring (bicyclic) bond motifs is 2. The highest BCUT2D eigenvalue weighted by molar-refractivity contribution is 5.86. The molecule has 2 aromatic heterocycles. The zero-order valence-electron chi connectivity index (χ0n) is 15.7. The highest BCUT2D eigenvalue weighted by Gasteiger charge is 2.31. The summed E-state index contributed by atoms with van der Waals surface area (Å²) in [6.07, 6.45) is 0.586. The number of benzene rings is 1. The van der Waals surface area contributed by atoms with Crippen LogP contribution in [-0.2, 0) is 6.42 Å². The van der Waals surface area contributed by atoms with Crippen LogP contribution in [0.1, 0.15) is 24.7 Å². The van der Waals surface area contributed by atoms with Gasteiger partial charge in [-0.15, -0.1) is 0 Å². The van der Waals surface area contributed by atoms with Crippen LogP contribution in [0.25, 0.3) is 16.6 Å². The monoisotopic (exact) mass is 388 g/mol. The molecule has 0 bridgehead atoms. The van der Waals surface area contributed by atoms with Crippen molar-refractivity contribution in [2.45, 2.75) is 33.1 Å². The lowest BCUT2D eigenvalue weighted by atomic mass is 9.79. The smallest absolute Gasteiger partial charge is 0.242 e. The van der Waals surface area contributed by atoms with Crippen LogP contribution in [0.5, 0.6) is 5.88 Å². The van der Waals surface area contributed by atoms with Crippen LogP contribution in [0.3, 0.4) is 0 Å². The average Bonchev–Trinajstić information content (AvgIpc) is 2.94. The Hall–Kier alpha value is -2.90. The molecule has 0 saturated carbocycles. The number of rotatable bonds is 4. The molecule has 146 valence electrons. The first-order valence-corrected chi connectivity index (χ1v) is 8.86. The van der Waals surface area contributed by atoms with Crippen molar-refractivity contribution in [3.05, 3.63) is 41.6 Å². The second kappa shape index (κ2) is 6.61. The van der Waals surface area contributed by atoms with Crippen molar-refractivity contribution in [2.24, 2.45) is 10.4 Å². The van der Waals surface area contributed by atoms with Gasteiger partial charge < -0.3 is 4.74 Å². The van der Waals surface area contributed by atoms with E-state index in [-0.39, 0.29) is 12.3 Å². The molecule has 1 aliphatic rings. The summed E-state index contributed by atoms with van der Waals surface area (Å²) in [5.41, 5.74) is 2.09. The summed E-state index contributed by atoms with van der Waals surface area (Å²) in [5, 5.41) is 4.21. The van der Waals surface area contributed by atoms with E-state index in [1.807, 2.05) is 0 Å². The predicted octanol–water partition coefficient (Wildman–Crippen LogP) is 4.77. The Morgan fingerprint density at radius 1 is 1.32 bits per heavy atom. The molecule has 5 nitrogen and oxygen atoms in total. The van der Waals surface area contributed by atoms with Gasteiger partial charge in [-0.05, 0) is 36.6 Å². The van der Waals surface area contributed by atoms with Gasteiger partial charge >= 0.3 is 0 Å². The summed E-state index contributed by atoms with van der Waals surface area (Å²) in [7, 11) is 1.47. The van der Waals surface area contributed by atoms with Gasteiger partial charge in [0.15, 0.2) is 5.82 Å². The van der Waals surface area contributed by atoms with Gasteiger partial charge in [-0.1, -0.05) is 13.0 Å². The number of hydrogen-bond donors (Lipinski definition) is 0. The fourth-order valence-corrected chi connectivity index (χ4v) is 3.74. The van der Waals surface area contributed by atoms with Crippen LogP contribution < -0.4 is 4.74 Å². The normalized spacial score (nSPS) is 18.7. The Kier molecular flexibility index (Phi) is 4.36. The number of nitrogens with zero attached hydrogens (tertiary/aromatic N) is 4. The van der Waals surface area contributed by atoms with Crippen LogP contribution >= 0.6 is 0 Å². The first-order valence-electron chi connectivity index (χ1n) is 8.86. The van der Waals surface area contributed by atoms with Crippen molar-refractivity contribution in [1.82, 2.24) is 14.6 Å². The molecular weight excluding hydrogens is 369 g/mol. The topological polar surface area (TPSA) is 51.8 Å². The van der Waals surface area contributed by atoms with Gasteiger partial charge in [0, 0.05) is 18.1 Å². The van der Waals surface area contributed by atoms with Crippen molar-refractivity contribution in [3.63, 3.8) is 0 Å².